The van der Waals surface area contributed by atoms with Gasteiger partial charge in [-0.25, -0.2) is 9.97 Å². The maximum absolute atomic E-state index is 12.9. The highest BCUT2D eigenvalue weighted by Gasteiger charge is 2.33. The van der Waals surface area contributed by atoms with Crippen molar-refractivity contribution in [2.45, 2.75) is 19.5 Å². The predicted molar refractivity (Wildman–Crippen MR) is 70.5 cm³/mol. The van der Waals surface area contributed by atoms with E-state index in [0.29, 0.717) is 12.0 Å². The van der Waals surface area contributed by atoms with Crippen LogP contribution in [0.3, 0.4) is 0 Å². The first kappa shape index (κ1) is 14.1. The van der Waals surface area contributed by atoms with Crippen molar-refractivity contribution in [1.82, 2.24) is 9.97 Å². The Balaban J connectivity index is 2.44. The van der Waals surface area contributed by atoms with Gasteiger partial charge in [0, 0.05) is 5.56 Å². The molecular weight excluding hydrogens is 269 g/mol. The molecule has 0 saturated heterocycles. The lowest BCUT2D eigenvalue weighted by molar-refractivity contribution is -0.136. The number of nitrogen functional groups attached to an aromatic ring is 1. The molecule has 20 heavy (non-hydrogen) atoms. The lowest BCUT2D eigenvalue weighted by Gasteiger charge is -2.15. The molecule has 0 radical (unpaired) electrons. The zero-order valence-electron chi connectivity index (χ0n) is 10.7. The van der Waals surface area contributed by atoms with Crippen molar-refractivity contribution in [3.05, 3.63) is 41.7 Å². The van der Waals surface area contributed by atoms with Gasteiger partial charge in [0.1, 0.15) is 18.0 Å². The van der Waals surface area contributed by atoms with Gasteiger partial charge in [0.25, 0.3) is 0 Å². The fourth-order valence-electron chi connectivity index (χ4n) is 1.85. The van der Waals surface area contributed by atoms with Crippen molar-refractivity contribution in [3.8, 4) is 0 Å². The first-order valence-electron chi connectivity index (χ1n) is 5.96. The summed E-state index contributed by atoms with van der Waals surface area (Å²) in [7, 11) is 0. The second-order valence-electron chi connectivity index (χ2n) is 4.11. The number of para-hydroxylation sites is 1. The van der Waals surface area contributed by atoms with Crippen LogP contribution in [0, 0.1) is 0 Å². The van der Waals surface area contributed by atoms with Crippen LogP contribution in [0.2, 0.25) is 0 Å². The van der Waals surface area contributed by atoms with E-state index in [1.165, 1.54) is 24.5 Å². The van der Waals surface area contributed by atoms with E-state index in [9.17, 15) is 13.2 Å². The Bertz CT molecular complexity index is 611. The molecule has 2 aromatic rings. The third kappa shape index (κ3) is 2.81. The third-order valence-electron chi connectivity index (χ3n) is 2.82. The largest absolute Gasteiger partial charge is 0.418 e. The second kappa shape index (κ2) is 5.36. The molecule has 0 saturated carbocycles. The molecule has 0 atom stereocenters. The molecular formula is C13H13F3N4. The number of benzene rings is 1. The van der Waals surface area contributed by atoms with Gasteiger partial charge in [-0.1, -0.05) is 19.1 Å². The molecule has 1 heterocycles. The highest BCUT2D eigenvalue weighted by Crippen LogP contribution is 2.36. The van der Waals surface area contributed by atoms with Crippen LogP contribution in [-0.4, -0.2) is 9.97 Å². The van der Waals surface area contributed by atoms with Crippen LogP contribution in [0.5, 0.6) is 0 Å². The van der Waals surface area contributed by atoms with E-state index in [2.05, 4.69) is 15.3 Å². The van der Waals surface area contributed by atoms with Gasteiger partial charge in [-0.05, 0) is 18.6 Å². The molecule has 0 aliphatic heterocycles. The monoisotopic (exact) mass is 282 g/mol. The van der Waals surface area contributed by atoms with Crippen LogP contribution < -0.4 is 11.1 Å². The first-order chi connectivity index (χ1) is 9.43. The molecule has 1 aromatic carbocycles. The van der Waals surface area contributed by atoms with Crippen LogP contribution >= 0.6 is 0 Å². The highest BCUT2D eigenvalue weighted by molar-refractivity contribution is 5.66. The number of nitrogens with zero attached hydrogens (tertiary/aromatic N) is 2. The molecule has 0 unspecified atom stereocenters. The number of nitrogens with one attached hydrogen (secondary N) is 1. The van der Waals surface area contributed by atoms with E-state index in [1.807, 2.05) is 6.92 Å². The minimum atomic E-state index is -4.44. The van der Waals surface area contributed by atoms with E-state index < -0.39 is 11.7 Å². The number of rotatable bonds is 3. The van der Waals surface area contributed by atoms with E-state index in [1.54, 1.807) is 0 Å². The number of hydrogen-bond donors (Lipinski definition) is 2. The van der Waals surface area contributed by atoms with E-state index in [-0.39, 0.29) is 17.3 Å². The maximum atomic E-state index is 12.9. The summed E-state index contributed by atoms with van der Waals surface area (Å²) in [6.45, 7) is 1.83. The molecule has 7 heteroatoms. The average Bonchev–Trinajstić information content (AvgIpc) is 2.38. The van der Waals surface area contributed by atoms with Gasteiger partial charge in [-0.2, -0.15) is 13.2 Å². The summed E-state index contributed by atoms with van der Waals surface area (Å²) < 4.78 is 38.7. The molecule has 0 fully saturated rings. The molecule has 0 amide bonds. The van der Waals surface area contributed by atoms with Crippen LogP contribution in [0.4, 0.5) is 30.5 Å². The van der Waals surface area contributed by atoms with Crippen molar-refractivity contribution in [1.29, 1.82) is 0 Å². The zero-order chi connectivity index (χ0) is 14.8. The SMILES string of the molecule is CCc1c(N)ncnc1Nc1ccccc1C(F)(F)F. The number of halogens is 3. The zero-order valence-corrected chi connectivity index (χ0v) is 10.7. The van der Waals surface area contributed by atoms with Crippen molar-refractivity contribution in [3.63, 3.8) is 0 Å². The number of alkyl halides is 3. The van der Waals surface area contributed by atoms with Gasteiger partial charge < -0.3 is 11.1 Å². The van der Waals surface area contributed by atoms with E-state index in [4.69, 9.17) is 5.73 Å². The summed E-state index contributed by atoms with van der Waals surface area (Å²) in [5.41, 5.74) is 5.47. The quantitative estimate of drug-likeness (QED) is 0.905. The summed E-state index contributed by atoms with van der Waals surface area (Å²) in [5.74, 6) is 0.547. The molecule has 1 aromatic heterocycles. The van der Waals surface area contributed by atoms with Crippen molar-refractivity contribution in [2.24, 2.45) is 0 Å². The lowest BCUT2D eigenvalue weighted by atomic mass is 10.1. The Kier molecular flexibility index (Phi) is 3.78. The van der Waals surface area contributed by atoms with Crippen molar-refractivity contribution < 1.29 is 13.2 Å². The molecule has 0 aliphatic carbocycles. The van der Waals surface area contributed by atoms with Crippen LogP contribution in [0.25, 0.3) is 0 Å². The van der Waals surface area contributed by atoms with Gasteiger partial charge in [0.15, 0.2) is 0 Å². The number of aromatic nitrogens is 2. The summed E-state index contributed by atoms with van der Waals surface area (Å²) in [6.07, 6.45) is -2.70. The lowest BCUT2D eigenvalue weighted by Crippen LogP contribution is -2.10. The predicted octanol–water partition coefficient (Wildman–Crippen LogP) is 3.38. The highest BCUT2D eigenvalue weighted by atomic mass is 19.4. The van der Waals surface area contributed by atoms with Gasteiger partial charge in [-0.15, -0.1) is 0 Å². The minimum absolute atomic E-state index is 0.0622. The molecule has 4 nitrogen and oxygen atoms in total. The molecule has 2 rings (SSSR count). The first-order valence-corrected chi connectivity index (χ1v) is 5.96. The van der Waals surface area contributed by atoms with E-state index >= 15 is 0 Å². The Hall–Kier alpha value is -2.31. The number of nitrogens with two attached hydrogens (primary N) is 1. The van der Waals surface area contributed by atoms with Crippen molar-refractivity contribution >= 4 is 17.3 Å². The van der Waals surface area contributed by atoms with Crippen LogP contribution in [-0.2, 0) is 12.6 Å². The normalized spacial score (nSPS) is 11.4. The topological polar surface area (TPSA) is 63.8 Å². The van der Waals surface area contributed by atoms with Crippen LogP contribution in [0.15, 0.2) is 30.6 Å². The van der Waals surface area contributed by atoms with Crippen molar-refractivity contribution in [2.75, 3.05) is 11.1 Å². The van der Waals surface area contributed by atoms with Gasteiger partial charge >= 0.3 is 6.18 Å². The van der Waals surface area contributed by atoms with Gasteiger partial charge in [-0.3, -0.25) is 0 Å². The Morgan fingerprint density at radius 1 is 1.20 bits per heavy atom. The van der Waals surface area contributed by atoms with Crippen LogP contribution in [0.1, 0.15) is 18.1 Å². The van der Waals surface area contributed by atoms with E-state index in [0.717, 1.165) is 6.07 Å². The summed E-state index contributed by atoms with van der Waals surface area (Å²) in [5, 5.41) is 2.69. The number of hydrogen-bond acceptors (Lipinski definition) is 4. The maximum Gasteiger partial charge on any atom is 0.418 e. The third-order valence-corrected chi connectivity index (χ3v) is 2.82. The molecule has 0 bridgehead atoms. The van der Waals surface area contributed by atoms with Gasteiger partial charge in [0.05, 0.1) is 11.3 Å². The standard InChI is InChI=1S/C13H13F3N4/c1-2-8-11(17)18-7-19-12(8)20-10-6-4-3-5-9(10)13(14,15)16/h3-7H,2H2,1H3,(H3,17,18,19,20). The smallest absolute Gasteiger partial charge is 0.383 e. The molecule has 0 aliphatic rings. The van der Waals surface area contributed by atoms with Gasteiger partial charge in [0.2, 0.25) is 0 Å². The average molecular weight is 282 g/mol. The summed E-state index contributed by atoms with van der Waals surface area (Å²) >= 11 is 0. The molecule has 106 valence electrons. The number of anilines is 3. The summed E-state index contributed by atoms with van der Waals surface area (Å²) in [6, 6.07) is 5.22. The Morgan fingerprint density at radius 3 is 2.55 bits per heavy atom. The Labute approximate surface area is 113 Å². The second-order valence-corrected chi connectivity index (χ2v) is 4.11. The Morgan fingerprint density at radius 2 is 1.90 bits per heavy atom. The molecule has 3 N–H and O–H groups in total. The minimum Gasteiger partial charge on any atom is -0.383 e. The fraction of sp³-hybridized carbons (Fsp3) is 0.231. The fourth-order valence-corrected chi connectivity index (χ4v) is 1.85. The summed E-state index contributed by atoms with van der Waals surface area (Å²) in [4.78, 5) is 7.79. The molecule has 0 spiro atoms.